The van der Waals surface area contributed by atoms with Gasteiger partial charge in [-0.05, 0) is 36.2 Å². The van der Waals surface area contributed by atoms with Crippen LogP contribution in [-0.2, 0) is 26.7 Å². The Labute approximate surface area is 242 Å². The van der Waals surface area contributed by atoms with Crippen LogP contribution in [0.5, 0.6) is 5.88 Å². The summed E-state index contributed by atoms with van der Waals surface area (Å²) in [6.07, 6.45) is 0. The number of aromatic hydroxyl groups is 1. The number of aryl methyl sites for hydroxylation is 2. The molecule has 0 amide bonds. The third-order valence-electron chi connectivity index (χ3n) is 7.11. The normalized spacial score (nSPS) is 11.8. The van der Waals surface area contributed by atoms with Crippen molar-refractivity contribution in [3.63, 3.8) is 0 Å². The van der Waals surface area contributed by atoms with E-state index >= 15 is 0 Å². The first-order chi connectivity index (χ1) is 19.9. The minimum atomic E-state index is -0.470. The number of hydrogen-bond acceptors (Lipinski definition) is 6. The van der Waals surface area contributed by atoms with Gasteiger partial charge < -0.3 is 14.2 Å². The molecule has 3 heterocycles. The third-order valence-corrected chi connectivity index (χ3v) is 7.60. The molecule has 0 bridgehead atoms. The summed E-state index contributed by atoms with van der Waals surface area (Å²) < 4.78 is 6.80. The smallest absolute Gasteiger partial charge is 0.332 e. The fourth-order valence-electron chi connectivity index (χ4n) is 5.06. The van der Waals surface area contributed by atoms with Gasteiger partial charge in [-0.25, -0.2) is 4.79 Å². The Morgan fingerprint density at radius 1 is 0.854 bits per heavy atom. The molecule has 41 heavy (non-hydrogen) atoms. The van der Waals surface area contributed by atoms with Gasteiger partial charge in [-0.2, -0.15) is 4.98 Å². The molecule has 10 nitrogen and oxygen atoms in total. The highest BCUT2D eigenvalue weighted by Gasteiger charge is 2.21. The van der Waals surface area contributed by atoms with Crippen LogP contribution in [0.25, 0.3) is 22.1 Å². The number of benzene rings is 3. The SMILES string of the molecule is CCn1c(N=Nc2c(O)n(Cc3ccccc3)c3ccc(Br)cc23)nc2c1c(=O)n(Cc1ccccc1)c(=O)n2C. The second kappa shape index (κ2) is 10.7. The van der Waals surface area contributed by atoms with Gasteiger partial charge in [-0.3, -0.25) is 13.9 Å². The molecule has 0 saturated heterocycles. The summed E-state index contributed by atoms with van der Waals surface area (Å²) in [4.78, 5) is 31.3. The lowest BCUT2D eigenvalue weighted by molar-refractivity contribution is 0.429. The molecule has 0 aliphatic rings. The molecule has 3 aromatic heterocycles. The molecule has 0 fully saturated rings. The van der Waals surface area contributed by atoms with Gasteiger partial charge in [0.1, 0.15) is 0 Å². The lowest BCUT2D eigenvalue weighted by Gasteiger charge is -2.09. The number of rotatable bonds is 7. The molecule has 3 aromatic carbocycles. The minimum absolute atomic E-state index is 0.0394. The van der Waals surface area contributed by atoms with Crippen LogP contribution < -0.4 is 11.2 Å². The highest BCUT2D eigenvalue weighted by molar-refractivity contribution is 9.10. The Bertz CT molecular complexity index is 2060. The van der Waals surface area contributed by atoms with Gasteiger partial charge in [0.15, 0.2) is 16.9 Å². The second-order valence-corrected chi connectivity index (χ2v) is 10.6. The average Bonchev–Trinajstić information content (AvgIpc) is 3.48. The van der Waals surface area contributed by atoms with Crippen molar-refractivity contribution in [3.05, 3.63) is 115 Å². The van der Waals surface area contributed by atoms with Gasteiger partial charge in [0.2, 0.25) is 5.88 Å². The Kier molecular flexibility index (Phi) is 6.88. The standard InChI is InChI=1S/C30H26BrN7O3/c1-3-36-25-26(35(2)30(41)38(28(25)40)18-20-12-8-5-9-13-20)32-29(36)34-33-24-22-16-21(31)14-15-23(22)37(27(24)39)17-19-10-6-4-7-11-19/h4-16,39H,3,17-18H2,1-2H3. The van der Waals surface area contributed by atoms with Crippen LogP contribution in [0.2, 0.25) is 0 Å². The predicted molar refractivity (Wildman–Crippen MR) is 161 cm³/mol. The van der Waals surface area contributed by atoms with Crippen LogP contribution in [0, 0.1) is 0 Å². The van der Waals surface area contributed by atoms with Gasteiger partial charge in [0.25, 0.3) is 11.5 Å². The molecule has 1 N–H and O–H groups in total. The highest BCUT2D eigenvalue weighted by Crippen LogP contribution is 2.41. The maximum absolute atomic E-state index is 13.6. The largest absolute Gasteiger partial charge is 0.493 e. The van der Waals surface area contributed by atoms with Crippen LogP contribution in [-0.4, -0.2) is 28.4 Å². The van der Waals surface area contributed by atoms with Crippen molar-refractivity contribution in [1.29, 1.82) is 0 Å². The maximum atomic E-state index is 13.6. The van der Waals surface area contributed by atoms with Crippen molar-refractivity contribution in [1.82, 2.24) is 23.3 Å². The molecular weight excluding hydrogens is 586 g/mol. The molecule has 11 heteroatoms. The lowest BCUT2D eigenvalue weighted by Crippen LogP contribution is -2.39. The van der Waals surface area contributed by atoms with Crippen molar-refractivity contribution >= 4 is 49.6 Å². The summed E-state index contributed by atoms with van der Waals surface area (Å²) in [5.41, 5.74) is 2.49. The summed E-state index contributed by atoms with van der Waals surface area (Å²) in [6, 6.07) is 24.9. The number of imidazole rings is 1. The number of azo groups is 1. The predicted octanol–water partition coefficient (Wildman–Crippen LogP) is 5.85. The molecule has 0 saturated carbocycles. The van der Waals surface area contributed by atoms with Crippen LogP contribution >= 0.6 is 15.9 Å². The van der Waals surface area contributed by atoms with E-state index in [0.717, 1.165) is 21.1 Å². The first kappa shape index (κ1) is 26.5. The van der Waals surface area contributed by atoms with Crippen molar-refractivity contribution in [2.24, 2.45) is 17.3 Å². The van der Waals surface area contributed by atoms with E-state index in [1.165, 1.54) is 9.13 Å². The summed E-state index contributed by atoms with van der Waals surface area (Å²) in [6.45, 7) is 2.82. The minimum Gasteiger partial charge on any atom is -0.493 e. The third kappa shape index (κ3) is 4.67. The molecule has 206 valence electrons. The van der Waals surface area contributed by atoms with Crippen LogP contribution in [0.1, 0.15) is 18.1 Å². The van der Waals surface area contributed by atoms with Crippen LogP contribution in [0.15, 0.2) is 103 Å². The first-order valence-electron chi connectivity index (χ1n) is 13.1. The molecule has 0 radical (unpaired) electrons. The number of nitrogens with zero attached hydrogens (tertiary/aromatic N) is 7. The van der Waals surface area contributed by atoms with Crippen molar-refractivity contribution in [3.8, 4) is 5.88 Å². The molecule has 6 rings (SSSR count). The first-order valence-corrected chi connectivity index (χ1v) is 13.9. The summed E-state index contributed by atoms with van der Waals surface area (Å²) in [7, 11) is 1.58. The zero-order valence-corrected chi connectivity index (χ0v) is 24.0. The topological polar surface area (TPSA) is 112 Å². The quantitative estimate of drug-likeness (QED) is 0.228. The number of aromatic nitrogens is 5. The monoisotopic (exact) mass is 611 g/mol. The van der Waals surface area contributed by atoms with Gasteiger partial charge in [-0.1, -0.05) is 76.6 Å². The maximum Gasteiger partial charge on any atom is 0.332 e. The summed E-state index contributed by atoms with van der Waals surface area (Å²) in [5, 5.41) is 20.8. The van der Waals surface area contributed by atoms with E-state index in [1.54, 1.807) is 16.2 Å². The molecular formula is C30H26BrN7O3. The van der Waals surface area contributed by atoms with Crippen LogP contribution in [0.3, 0.4) is 0 Å². The molecule has 0 atom stereocenters. The summed E-state index contributed by atoms with van der Waals surface area (Å²) >= 11 is 3.51. The van der Waals surface area contributed by atoms with Crippen molar-refractivity contribution in [2.75, 3.05) is 0 Å². The van der Waals surface area contributed by atoms with E-state index in [2.05, 4.69) is 31.1 Å². The number of hydrogen-bond donors (Lipinski definition) is 1. The van der Waals surface area contributed by atoms with E-state index in [1.807, 2.05) is 85.8 Å². The Balaban J connectivity index is 1.48. The van der Waals surface area contributed by atoms with E-state index in [-0.39, 0.29) is 35.2 Å². The molecule has 6 aromatic rings. The van der Waals surface area contributed by atoms with E-state index in [4.69, 9.17) is 0 Å². The van der Waals surface area contributed by atoms with E-state index < -0.39 is 11.2 Å². The average molecular weight is 612 g/mol. The fraction of sp³-hybridized carbons (Fsp3) is 0.167. The lowest BCUT2D eigenvalue weighted by atomic mass is 10.2. The van der Waals surface area contributed by atoms with E-state index in [0.29, 0.717) is 18.5 Å². The Morgan fingerprint density at radius 3 is 2.12 bits per heavy atom. The van der Waals surface area contributed by atoms with Gasteiger partial charge >= 0.3 is 5.69 Å². The van der Waals surface area contributed by atoms with Crippen molar-refractivity contribution in [2.45, 2.75) is 26.6 Å². The zero-order valence-electron chi connectivity index (χ0n) is 22.4. The van der Waals surface area contributed by atoms with E-state index in [9.17, 15) is 14.7 Å². The molecule has 0 spiro atoms. The highest BCUT2D eigenvalue weighted by atomic mass is 79.9. The van der Waals surface area contributed by atoms with Gasteiger partial charge in [0.05, 0.1) is 18.6 Å². The Hall–Kier alpha value is -4.77. The number of fused-ring (bicyclic) bond motifs is 2. The van der Waals surface area contributed by atoms with Gasteiger partial charge in [0, 0.05) is 23.5 Å². The molecule has 0 aliphatic heterocycles. The fourth-order valence-corrected chi connectivity index (χ4v) is 5.42. The summed E-state index contributed by atoms with van der Waals surface area (Å²) in [5.74, 6) is 0.118. The Morgan fingerprint density at radius 2 is 1.49 bits per heavy atom. The number of halogens is 1. The second-order valence-electron chi connectivity index (χ2n) is 9.65. The van der Waals surface area contributed by atoms with Gasteiger partial charge in [-0.15, -0.1) is 10.2 Å². The van der Waals surface area contributed by atoms with Crippen LogP contribution in [0.4, 0.5) is 11.6 Å². The van der Waals surface area contributed by atoms with Crippen molar-refractivity contribution < 1.29 is 5.11 Å². The molecule has 0 unspecified atom stereocenters. The molecule has 0 aliphatic carbocycles. The zero-order chi connectivity index (χ0) is 28.7.